The van der Waals surface area contributed by atoms with Gasteiger partial charge in [0.25, 0.3) is 0 Å². The predicted octanol–water partition coefficient (Wildman–Crippen LogP) is 2.58. The van der Waals surface area contributed by atoms with Crippen molar-refractivity contribution < 1.29 is 18.7 Å². The average Bonchev–Trinajstić information content (AvgIpc) is 2.55. The lowest BCUT2D eigenvalue weighted by atomic mass is 10.1. The topological polar surface area (TPSA) is 43.8 Å². The highest BCUT2D eigenvalue weighted by Gasteiger charge is 2.24. The van der Waals surface area contributed by atoms with Crippen molar-refractivity contribution >= 4 is 5.91 Å². The lowest BCUT2D eigenvalue weighted by Crippen LogP contribution is -2.49. The Kier molecular flexibility index (Phi) is 6.69. The van der Waals surface area contributed by atoms with Crippen LogP contribution in [0.1, 0.15) is 38.4 Å². The third-order valence-corrected chi connectivity index (χ3v) is 4.41. The third kappa shape index (κ3) is 5.24. The van der Waals surface area contributed by atoms with Crippen LogP contribution in [-0.2, 0) is 4.79 Å². The number of piperazine rings is 1. The smallest absolute Gasteiger partial charge is 0.222 e. The minimum atomic E-state index is -1.08. The summed E-state index contributed by atoms with van der Waals surface area (Å²) in [6.07, 6.45) is 0.370. The van der Waals surface area contributed by atoms with Gasteiger partial charge in [-0.25, -0.2) is 8.78 Å². The second-order valence-electron chi connectivity index (χ2n) is 6.80. The number of amides is 1. The van der Waals surface area contributed by atoms with Gasteiger partial charge in [0.2, 0.25) is 5.91 Å². The Morgan fingerprint density at radius 2 is 1.88 bits per heavy atom. The van der Waals surface area contributed by atoms with Crippen LogP contribution in [0.4, 0.5) is 8.78 Å². The largest absolute Gasteiger partial charge is 0.387 e. The number of hydrogen-bond donors (Lipinski definition) is 1. The first-order valence-electron chi connectivity index (χ1n) is 8.50. The van der Waals surface area contributed by atoms with E-state index < -0.39 is 17.7 Å². The number of aliphatic hydroxyl groups is 1. The van der Waals surface area contributed by atoms with Gasteiger partial charge in [-0.1, -0.05) is 13.8 Å². The molecule has 6 heteroatoms. The number of carbonyl (C=O) groups is 1. The normalized spacial score (nSPS) is 17.3. The third-order valence-electron chi connectivity index (χ3n) is 4.41. The van der Waals surface area contributed by atoms with Gasteiger partial charge in [0.1, 0.15) is 11.6 Å². The molecular formula is C18H26F2N2O2. The van der Waals surface area contributed by atoms with Crippen LogP contribution in [0.2, 0.25) is 0 Å². The molecule has 1 aromatic rings. The Labute approximate surface area is 142 Å². The van der Waals surface area contributed by atoms with E-state index in [1.54, 1.807) is 0 Å². The van der Waals surface area contributed by atoms with Crippen LogP contribution in [0.25, 0.3) is 0 Å². The molecule has 0 bridgehead atoms. The van der Waals surface area contributed by atoms with E-state index in [4.69, 9.17) is 0 Å². The zero-order chi connectivity index (χ0) is 17.7. The van der Waals surface area contributed by atoms with E-state index in [0.29, 0.717) is 38.5 Å². The Morgan fingerprint density at radius 3 is 2.50 bits per heavy atom. The first-order chi connectivity index (χ1) is 11.4. The molecule has 2 rings (SSSR count). The molecule has 1 N–H and O–H groups in total. The summed E-state index contributed by atoms with van der Waals surface area (Å²) in [4.78, 5) is 15.9. The van der Waals surface area contributed by atoms with E-state index in [9.17, 15) is 18.7 Å². The Morgan fingerprint density at radius 1 is 1.21 bits per heavy atom. The van der Waals surface area contributed by atoms with E-state index in [-0.39, 0.29) is 18.0 Å². The lowest BCUT2D eigenvalue weighted by molar-refractivity contribution is -0.133. The molecule has 1 amide bonds. The van der Waals surface area contributed by atoms with Crippen LogP contribution in [0.15, 0.2) is 18.2 Å². The van der Waals surface area contributed by atoms with Crippen molar-refractivity contribution in [3.05, 3.63) is 35.4 Å². The summed E-state index contributed by atoms with van der Waals surface area (Å²) in [5.41, 5.74) is -0.0227. The zero-order valence-corrected chi connectivity index (χ0v) is 14.3. The number of carbonyl (C=O) groups excluding carboxylic acids is 1. The van der Waals surface area contributed by atoms with Crippen molar-refractivity contribution in [3.63, 3.8) is 0 Å². The highest BCUT2D eigenvalue weighted by molar-refractivity contribution is 5.76. The van der Waals surface area contributed by atoms with Crippen molar-refractivity contribution in [2.45, 2.75) is 32.8 Å². The maximum Gasteiger partial charge on any atom is 0.222 e. The molecule has 1 unspecified atom stereocenters. The molecule has 1 saturated heterocycles. The first-order valence-corrected chi connectivity index (χ1v) is 8.50. The highest BCUT2D eigenvalue weighted by Crippen LogP contribution is 2.20. The fourth-order valence-corrected chi connectivity index (χ4v) is 2.86. The molecule has 0 aliphatic carbocycles. The summed E-state index contributed by atoms with van der Waals surface area (Å²) in [5.74, 6) is -0.496. The highest BCUT2D eigenvalue weighted by atomic mass is 19.1. The quantitative estimate of drug-likeness (QED) is 0.866. The van der Waals surface area contributed by atoms with E-state index in [2.05, 4.69) is 13.8 Å². The molecule has 1 atom stereocenters. The molecule has 0 spiro atoms. The molecule has 1 aliphatic heterocycles. The molecular weight excluding hydrogens is 314 g/mol. The molecule has 134 valence electrons. The van der Waals surface area contributed by atoms with Crippen molar-refractivity contribution in [2.75, 3.05) is 32.7 Å². The van der Waals surface area contributed by atoms with Gasteiger partial charge in [-0.3, -0.25) is 9.69 Å². The summed E-state index contributed by atoms with van der Waals surface area (Å²) >= 11 is 0. The van der Waals surface area contributed by atoms with E-state index >= 15 is 0 Å². The van der Waals surface area contributed by atoms with Gasteiger partial charge in [0, 0.05) is 44.7 Å². The van der Waals surface area contributed by atoms with Crippen LogP contribution in [-0.4, -0.2) is 53.5 Å². The standard InChI is InChI=1S/C18H26F2N2O2/c1-13(2)3-6-18(24)22-9-7-21(8-10-22)12-17(23)15-11-14(19)4-5-16(15)20/h4-5,11,13,17,23H,3,6-10,12H2,1-2H3. The summed E-state index contributed by atoms with van der Waals surface area (Å²) in [5, 5.41) is 10.2. The van der Waals surface area contributed by atoms with Gasteiger partial charge >= 0.3 is 0 Å². The second-order valence-corrected chi connectivity index (χ2v) is 6.80. The predicted molar refractivity (Wildman–Crippen MR) is 88.4 cm³/mol. The lowest BCUT2D eigenvalue weighted by Gasteiger charge is -2.35. The number of benzene rings is 1. The fraction of sp³-hybridized carbons (Fsp3) is 0.611. The van der Waals surface area contributed by atoms with Crippen molar-refractivity contribution in [1.29, 1.82) is 0 Å². The van der Waals surface area contributed by atoms with Crippen molar-refractivity contribution in [2.24, 2.45) is 5.92 Å². The summed E-state index contributed by atoms with van der Waals surface area (Å²) in [6.45, 7) is 6.89. The maximum absolute atomic E-state index is 13.7. The summed E-state index contributed by atoms with van der Waals surface area (Å²) < 4.78 is 26.9. The molecule has 0 radical (unpaired) electrons. The molecule has 1 aliphatic rings. The van der Waals surface area contributed by atoms with Crippen LogP contribution in [0.3, 0.4) is 0 Å². The number of halogens is 2. The second kappa shape index (κ2) is 8.53. The van der Waals surface area contributed by atoms with Gasteiger partial charge in [-0.2, -0.15) is 0 Å². The monoisotopic (exact) mass is 340 g/mol. The maximum atomic E-state index is 13.7. The minimum Gasteiger partial charge on any atom is -0.387 e. The van der Waals surface area contributed by atoms with E-state index in [1.807, 2.05) is 9.80 Å². The fourth-order valence-electron chi connectivity index (χ4n) is 2.86. The van der Waals surface area contributed by atoms with Gasteiger partial charge < -0.3 is 10.0 Å². The summed E-state index contributed by atoms with van der Waals surface area (Å²) in [7, 11) is 0. The minimum absolute atomic E-state index is 0.0227. The molecule has 1 aromatic carbocycles. The summed E-state index contributed by atoms with van der Waals surface area (Å²) in [6, 6.07) is 3.10. The van der Waals surface area contributed by atoms with E-state index in [1.165, 1.54) is 0 Å². The zero-order valence-electron chi connectivity index (χ0n) is 14.3. The number of aliphatic hydroxyl groups excluding tert-OH is 1. The van der Waals surface area contributed by atoms with Crippen molar-refractivity contribution in [1.82, 2.24) is 9.80 Å². The van der Waals surface area contributed by atoms with Crippen LogP contribution < -0.4 is 0 Å². The first kappa shape index (κ1) is 18.8. The number of nitrogens with zero attached hydrogens (tertiary/aromatic N) is 2. The molecule has 0 saturated carbocycles. The van der Waals surface area contributed by atoms with Crippen molar-refractivity contribution in [3.8, 4) is 0 Å². The Bertz CT molecular complexity index is 558. The molecule has 24 heavy (non-hydrogen) atoms. The Balaban J connectivity index is 1.82. The van der Waals surface area contributed by atoms with Crippen LogP contribution in [0, 0.1) is 17.6 Å². The SMILES string of the molecule is CC(C)CCC(=O)N1CCN(CC(O)c2cc(F)ccc2F)CC1. The van der Waals surface area contributed by atoms with Crippen LogP contribution in [0.5, 0.6) is 0 Å². The Hall–Kier alpha value is -1.53. The van der Waals surface area contributed by atoms with Gasteiger partial charge in [-0.05, 0) is 30.5 Å². The van der Waals surface area contributed by atoms with Crippen LogP contribution >= 0.6 is 0 Å². The van der Waals surface area contributed by atoms with E-state index in [0.717, 1.165) is 24.6 Å². The number of β-amino-alcohol motifs (C(OH)–C–C–N with tert-alkyl or cyclic N) is 1. The van der Waals surface area contributed by atoms with Gasteiger partial charge in [0.05, 0.1) is 6.10 Å². The molecule has 1 fully saturated rings. The van der Waals surface area contributed by atoms with Gasteiger partial charge in [-0.15, -0.1) is 0 Å². The number of hydrogen-bond acceptors (Lipinski definition) is 3. The molecule has 1 heterocycles. The van der Waals surface area contributed by atoms with Gasteiger partial charge in [0.15, 0.2) is 0 Å². The average molecular weight is 340 g/mol. The molecule has 0 aromatic heterocycles. The number of rotatable bonds is 6. The molecule has 4 nitrogen and oxygen atoms in total.